The maximum Gasteiger partial charge on any atom is 0.336 e. The van der Waals surface area contributed by atoms with Crippen molar-refractivity contribution < 1.29 is 14.7 Å². The highest BCUT2D eigenvalue weighted by molar-refractivity contribution is 5.89. The van der Waals surface area contributed by atoms with Gasteiger partial charge in [0.25, 0.3) is 0 Å². The second-order valence-electron chi connectivity index (χ2n) is 4.06. The van der Waals surface area contributed by atoms with Gasteiger partial charge in [0.1, 0.15) is 0 Å². The topological polar surface area (TPSA) is 78.4 Å². The molecule has 19 heavy (non-hydrogen) atoms. The van der Waals surface area contributed by atoms with Crippen molar-refractivity contribution in [3.63, 3.8) is 0 Å². The molecule has 1 rings (SSSR count). The van der Waals surface area contributed by atoms with Crippen molar-refractivity contribution >= 4 is 12.4 Å². The molecule has 106 valence electrons. The minimum absolute atomic E-state index is 0.383. The number of carboxylic acids is 1. The zero-order valence-corrected chi connectivity index (χ0v) is 11.6. The molecule has 0 saturated carbocycles. The number of carboxylic acid groups (broad SMARTS) is 1. The fourth-order valence-electron chi connectivity index (χ4n) is 1.31. The maximum absolute atomic E-state index is 10.9. The number of benzene rings is 1. The summed E-state index contributed by atoms with van der Waals surface area (Å²) in [5.74, 6) is -0.864. The molecule has 0 radical (unpaired) electrons. The van der Waals surface area contributed by atoms with Gasteiger partial charge in [0.15, 0.2) is 0 Å². The van der Waals surface area contributed by atoms with E-state index in [1.54, 1.807) is 19.2 Å². The fraction of sp³-hybridized carbons (Fsp3) is 0.429. The number of amides is 1. The second-order valence-corrected chi connectivity index (χ2v) is 4.06. The zero-order chi connectivity index (χ0) is 14.7. The Labute approximate surface area is 114 Å². The predicted octanol–water partition coefficient (Wildman–Crippen LogP) is 1.64. The van der Waals surface area contributed by atoms with Gasteiger partial charge >= 0.3 is 5.97 Å². The Bertz CT molecular complexity index is 394. The van der Waals surface area contributed by atoms with E-state index >= 15 is 0 Å². The van der Waals surface area contributed by atoms with Crippen LogP contribution in [0, 0.1) is 0 Å². The van der Waals surface area contributed by atoms with Crippen LogP contribution in [0.1, 0.15) is 36.2 Å². The van der Waals surface area contributed by atoms with Crippen LogP contribution in [0.15, 0.2) is 24.3 Å². The van der Waals surface area contributed by atoms with Gasteiger partial charge in [-0.25, -0.2) is 4.79 Å². The molecular formula is C14H22N2O3. The lowest BCUT2D eigenvalue weighted by molar-refractivity contribution is -0.109. The van der Waals surface area contributed by atoms with Crippen LogP contribution in [0.4, 0.5) is 0 Å². The highest BCUT2D eigenvalue weighted by atomic mass is 16.4. The molecule has 5 heteroatoms. The Morgan fingerprint density at radius 2 is 2.00 bits per heavy atom. The summed E-state index contributed by atoms with van der Waals surface area (Å²) in [5, 5.41) is 14.5. The normalized spacial score (nSPS) is 10.9. The SMILES string of the molecule is CCC(C)NCc1ccccc1C(=O)O.CNC=O. The second kappa shape index (κ2) is 10.1. The van der Waals surface area contributed by atoms with Gasteiger partial charge in [-0.05, 0) is 25.0 Å². The van der Waals surface area contributed by atoms with Crippen molar-refractivity contribution in [1.29, 1.82) is 0 Å². The smallest absolute Gasteiger partial charge is 0.336 e. The van der Waals surface area contributed by atoms with Crippen LogP contribution in [-0.2, 0) is 11.3 Å². The molecule has 0 saturated heterocycles. The lowest BCUT2D eigenvalue weighted by Gasteiger charge is -2.12. The van der Waals surface area contributed by atoms with Crippen LogP contribution >= 0.6 is 0 Å². The van der Waals surface area contributed by atoms with Gasteiger partial charge in [-0.3, -0.25) is 4.79 Å². The molecule has 0 aliphatic carbocycles. The highest BCUT2D eigenvalue weighted by Crippen LogP contribution is 2.08. The van der Waals surface area contributed by atoms with E-state index in [2.05, 4.69) is 24.5 Å². The van der Waals surface area contributed by atoms with Crippen molar-refractivity contribution in [2.75, 3.05) is 7.05 Å². The number of carbonyl (C=O) groups excluding carboxylic acids is 1. The van der Waals surface area contributed by atoms with Crippen molar-refractivity contribution in [3.05, 3.63) is 35.4 Å². The standard InChI is InChI=1S/C12H17NO2.C2H5NO/c1-3-9(2)13-8-10-6-4-5-7-11(10)12(14)15;1-3-2-4/h4-7,9,13H,3,8H2,1-2H3,(H,14,15);2H,1H3,(H,3,4). The van der Waals surface area contributed by atoms with Crippen LogP contribution in [0.5, 0.6) is 0 Å². The largest absolute Gasteiger partial charge is 0.478 e. The molecule has 0 fully saturated rings. The molecule has 0 aliphatic rings. The molecule has 0 heterocycles. The van der Waals surface area contributed by atoms with Gasteiger partial charge in [0, 0.05) is 19.6 Å². The first-order chi connectivity index (χ1) is 9.06. The number of rotatable bonds is 6. The monoisotopic (exact) mass is 266 g/mol. The lowest BCUT2D eigenvalue weighted by Crippen LogP contribution is -2.25. The molecule has 1 unspecified atom stereocenters. The van der Waals surface area contributed by atoms with Gasteiger partial charge in [-0.1, -0.05) is 25.1 Å². The van der Waals surface area contributed by atoms with Gasteiger partial charge in [0.2, 0.25) is 6.41 Å². The first kappa shape index (κ1) is 17.1. The van der Waals surface area contributed by atoms with Crippen molar-refractivity contribution in [3.8, 4) is 0 Å². The van der Waals surface area contributed by atoms with Gasteiger partial charge in [-0.15, -0.1) is 0 Å². The summed E-state index contributed by atoms with van der Waals surface area (Å²) in [6, 6.07) is 7.50. The minimum Gasteiger partial charge on any atom is -0.478 e. The Hall–Kier alpha value is -1.88. The third-order valence-corrected chi connectivity index (χ3v) is 2.62. The van der Waals surface area contributed by atoms with E-state index in [0.717, 1.165) is 12.0 Å². The third-order valence-electron chi connectivity index (χ3n) is 2.62. The fourth-order valence-corrected chi connectivity index (χ4v) is 1.31. The third kappa shape index (κ3) is 7.21. The van der Waals surface area contributed by atoms with Gasteiger partial charge in [-0.2, -0.15) is 0 Å². The van der Waals surface area contributed by atoms with E-state index in [1.807, 2.05) is 12.1 Å². The number of hydrogen-bond donors (Lipinski definition) is 3. The number of nitrogens with one attached hydrogen (secondary N) is 2. The molecule has 1 aromatic rings. The summed E-state index contributed by atoms with van der Waals surface area (Å²) in [5.41, 5.74) is 1.22. The summed E-state index contributed by atoms with van der Waals surface area (Å²) in [7, 11) is 1.56. The summed E-state index contributed by atoms with van der Waals surface area (Å²) < 4.78 is 0. The van der Waals surface area contributed by atoms with Crippen molar-refractivity contribution in [2.24, 2.45) is 0 Å². The molecule has 0 bridgehead atoms. The summed E-state index contributed by atoms with van der Waals surface area (Å²) in [6.07, 6.45) is 1.66. The van der Waals surface area contributed by atoms with E-state index < -0.39 is 5.97 Å². The minimum atomic E-state index is -0.864. The average molecular weight is 266 g/mol. The quantitative estimate of drug-likeness (QED) is 0.684. The van der Waals surface area contributed by atoms with Crippen LogP contribution in [-0.4, -0.2) is 30.6 Å². The number of carbonyl (C=O) groups is 2. The van der Waals surface area contributed by atoms with E-state index in [-0.39, 0.29) is 0 Å². The lowest BCUT2D eigenvalue weighted by atomic mass is 10.1. The first-order valence-electron chi connectivity index (χ1n) is 6.22. The van der Waals surface area contributed by atoms with E-state index in [1.165, 1.54) is 0 Å². The Morgan fingerprint density at radius 1 is 1.42 bits per heavy atom. The van der Waals surface area contributed by atoms with Gasteiger partial charge < -0.3 is 15.7 Å². The van der Waals surface area contributed by atoms with Crippen LogP contribution in [0.25, 0.3) is 0 Å². The molecular weight excluding hydrogens is 244 g/mol. The predicted molar refractivity (Wildman–Crippen MR) is 75.1 cm³/mol. The van der Waals surface area contributed by atoms with Gasteiger partial charge in [0.05, 0.1) is 5.56 Å². The first-order valence-corrected chi connectivity index (χ1v) is 6.22. The molecule has 3 N–H and O–H groups in total. The molecule has 1 amide bonds. The van der Waals surface area contributed by atoms with Crippen LogP contribution in [0.3, 0.4) is 0 Å². The molecule has 1 atom stereocenters. The van der Waals surface area contributed by atoms with Crippen LogP contribution in [0.2, 0.25) is 0 Å². The molecule has 0 aromatic heterocycles. The molecule has 0 spiro atoms. The average Bonchev–Trinajstić information content (AvgIpc) is 2.45. The van der Waals surface area contributed by atoms with E-state index in [0.29, 0.717) is 24.6 Å². The number of aromatic carboxylic acids is 1. The summed E-state index contributed by atoms with van der Waals surface area (Å²) in [6.45, 7) is 4.79. The summed E-state index contributed by atoms with van der Waals surface area (Å²) in [4.78, 5) is 20.0. The van der Waals surface area contributed by atoms with E-state index in [4.69, 9.17) is 9.90 Å². The number of hydrogen-bond acceptors (Lipinski definition) is 3. The Balaban J connectivity index is 0.000000711. The molecule has 5 nitrogen and oxygen atoms in total. The molecule has 0 aliphatic heterocycles. The van der Waals surface area contributed by atoms with Crippen molar-refractivity contribution in [2.45, 2.75) is 32.9 Å². The maximum atomic E-state index is 10.9. The van der Waals surface area contributed by atoms with E-state index in [9.17, 15) is 4.79 Å². The Morgan fingerprint density at radius 3 is 2.47 bits per heavy atom. The zero-order valence-electron chi connectivity index (χ0n) is 11.6. The highest BCUT2D eigenvalue weighted by Gasteiger charge is 2.08. The van der Waals surface area contributed by atoms with Crippen molar-refractivity contribution in [1.82, 2.24) is 10.6 Å². The molecule has 1 aromatic carbocycles. The summed E-state index contributed by atoms with van der Waals surface area (Å²) >= 11 is 0. The Kier molecular flexibility index (Phi) is 9.08. The van der Waals surface area contributed by atoms with Crippen LogP contribution < -0.4 is 10.6 Å².